The molecule has 0 unspecified atom stereocenters. The highest BCUT2D eigenvalue weighted by Crippen LogP contribution is 2.44. The van der Waals surface area contributed by atoms with Crippen LogP contribution in [-0.4, -0.2) is 13.7 Å². The van der Waals surface area contributed by atoms with Gasteiger partial charge in [0.25, 0.3) is 0 Å². The molecule has 0 radical (unpaired) electrons. The van der Waals surface area contributed by atoms with Crippen LogP contribution in [0.15, 0.2) is 188 Å². The van der Waals surface area contributed by atoms with Gasteiger partial charge in [0.15, 0.2) is 0 Å². The van der Waals surface area contributed by atoms with Gasteiger partial charge in [-0.3, -0.25) is 0 Å². The van der Waals surface area contributed by atoms with Gasteiger partial charge in [-0.1, -0.05) is 140 Å². The van der Waals surface area contributed by atoms with E-state index in [9.17, 15) is 0 Å². The minimum absolute atomic E-state index is 1.15. The summed E-state index contributed by atoms with van der Waals surface area (Å²) in [6.07, 6.45) is 0. The molecule has 0 bridgehead atoms. The molecule has 8 aromatic carbocycles. The number of aromatic nitrogens is 3. The molecule has 0 amide bonds. The molecule has 0 saturated carbocycles. The standard InChI is InChI=1S/C48H31N3/c1-2-16-32(17-3-1)49-41-24-10-8-22-37(41)39-30-31-40-38-23-9-15-29-46(38)51(48(40)47(39)49)45-28-14-7-21-36(45)35-20-6-13-27-44(35)50-42-25-11-4-18-33(42)34-19-5-12-26-43(34)50/h1-31H. The van der Waals surface area contributed by atoms with Crippen LogP contribution >= 0.6 is 0 Å². The van der Waals surface area contributed by atoms with E-state index >= 15 is 0 Å². The van der Waals surface area contributed by atoms with E-state index in [-0.39, 0.29) is 0 Å². The van der Waals surface area contributed by atoms with Gasteiger partial charge < -0.3 is 13.7 Å². The first-order valence-corrected chi connectivity index (χ1v) is 17.5. The Morgan fingerprint density at radius 2 is 0.588 bits per heavy atom. The third-order valence-electron chi connectivity index (χ3n) is 10.6. The molecule has 3 aromatic heterocycles. The second kappa shape index (κ2) is 10.8. The highest BCUT2D eigenvalue weighted by molar-refractivity contribution is 6.24. The average Bonchev–Trinajstić information content (AvgIpc) is 3.84. The lowest BCUT2D eigenvalue weighted by Crippen LogP contribution is -2.02. The molecule has 3 heterocycles. The molecule has 0 aliphatic heterocycles. The van der Waals surface area contributed by atoms with Gasteiger partial charge in [0.1, 0.15) is 0 Å². The van der Waals surface area contributed by atoms with Gasteiger partial charge in [0.05, 0.1) is 44.5 Å². The topological polar surface area (TPSA) is 14.8 Å². The molecule has 51 heavy (non-hydrogen) atoms. The Morgan fingerprint density at radius 1 is 0.235 bits per heavy atom. The first kappa shape index (κ1) is 28.0. The highest BCUT2D eigenvalue weighted by Gasteiger charge is 2.23. The number of rotatable bonds is 4. The number of hydrogen-bond acceptors (Lipinski definition) is 0. The van der Waals surface area contributed by atoms with E-state index < -0.39 is 0 Å². The van der Waals surface area contributed by atoms with Crippen LogP contribution in [0.2, 0.25) is 0 Å². The van der Waals surface area contributed by atoms with Crippen LogP contribution in [-0.2, 0) is 0 Å². The third kappa shape index (κ3) is 3.94. The van der Waals surface area contributed by atoms with E-state index in [1.807, 2.05) is 0 Å². The molecule has 3 heteroatoms. The average molecular weight is 650 g/mol. The van der Waals surface area contributed by atoms with Crippen molar-refractivity contribution in [3.05, 3.63) is 188 Å². The Bertz CT molecular complexity index is 3080. The summed E-state index contributed by atoms with van der Waals surface area (Å²) in [6.45, 7) is 0. The maximum absolute atomic E-state index is 2.52. The second-order valence-electron chi connectivity index (χ2n) is 13.3. The van der Waals surface area contributed by atoms with Crippen molar-refractivity contribution in [3.8, 4) is 28.2 Å². The van der Waals surface area contributed by atoms with Crippen molar-refractivity contribution in [3.63, 3.8) is 0 Å². The van der Waals surface area contributed by atoms with Crippen molar-refractivity contribution >= 4 is 65.4 Å². The Labute approximate surface area is 294 Å². The van der Waals surface area contributed by atoms with E-state index in [0.717, 1.165) is 17.1 Å². The SMILES string of the molecule is c1ccc(-n2c3ccccc3c3ccc4c5ccccc5n(-c5ccccc5-c5ccccc5-n5c6ccccc6c6ccccc65)c4c32)cc1. The smallest absolute Gasteiger partial charge is 0.0789 e. The zero-order valence-electron chi connectivity index (χ0n) is 27.7. The molecule has 0 fully saturated rings. The fourth-order valence-corrected chi connectivity index (χ4v) is 8.57. The Morgan fingerprint density at radius 3 is 1.12 bits per heavy atom. The molecule has 0 N–H and O–H groups in total. The van der Waals surface area contributed by atoms with E-state index in [2.05, 4.69) is 202 Å². The normalized spacial score (nSPS) is 11.9. The quantitative estimate of drug-likeness (QED) is 0.180. The van der Waals surface area contributed by atoms with Crippen LogP contribution in [0.4, 0.5) is 0 Å². The van der Waals surface area contributed by atoms with Crippen LogP contribution in [0, 0.1) is 0 Å². The molecule has 0 aliphatic carbocycles. The van der Waals surface area contributed by atoms with E-state index in [4.69, 9.17) is 0 Å². The molecular formula is C48H31N3. The number of fused-ring (bicyclic) bond motifs is 10. The maximum atomic E-state index is 2.52. The van der Waals surface area contributed by atoms with Crippen LogP contribution in [0.5, 0.6) is 0 Å². The third-order valence-corrected chi connectivity index (χ3v) is 10.6. The Balaban J connectivity index is 1.29. The zero-order valence-corrected chi connectivity index (χ0v) is 27.7. The monoisotopic (exact) mass is 649 g/mol. The summed E-state index contributed by atoms with van der Waals surface area (Å²) in [5, 5.41) is 7.49. The van der Waals surface area contributed by atoms with Crippen LogP contribution in [0.1, 0.15) is 0 Å². The van der Waals surface area contributed by atoms with Crippen molar-refractivity contribution in [2.45, 2.75) is 0 Å². The van der Waals surface area contributed by atoms with Crippen molar-refractivity contribution in [1.29, 1.82) is 0 Å². The number of hydrogen-bond donors (Lipinski definition) is 0. The van der Waals surface area contributed by atoms with E-state index in [1.54, 1.807) is 0 Å². The second-order valence-corrected chi connectivity index (χ2v) is 13.3. The lowest BCUT2D eigenvalue weighted by molar-refractivity contribution is 1.14. The molecular weight excluding hydrogens is 619 g/mol. The van der Waals surface area contributed by atoms with Crippen molar-refractivity contribution in [2.75, 3.05) is 0 Å². The molecule has 11 aromatic rings. The molecule has 0 spiro atoms. The number of benzene rings is 8. The van der Waals surface area contributed by atoms with Crippen molar-refractivity contribution in [1.82, 2.24) is 13.7 Å². The van der Waals surface area contributed by atoms with Gasteiger partial charge in [-0.05, 0) is 48.5 Å². The molecule has 0 aliphatic rings. The predicted octanol–water partition coefficient (Wildman–Crippen LogP) is 12.6. The van der Waals surface area contributed by atoms with E-state index in [0.29, 0.717) is 0 Å². The lowest BCUT2D eigenvalue weighted by atomic mass is 10.0. The first-order chi connectivity index (χ1) is 25.4. The summed E-state index contributed by atoms with van der Waals surface area (Å²) in [5.74, 6) is 0. The number of para-hydroxylation sites is 7. The van der Waals surface area contributed by atoms with Gasteiger partial charge in [-0.15, -0.1) is 0 Å². The Hall–Kier alpha value is -6.84. The van der Waals surface area contributed by atoms with Crippen molar-refractivity contribution in [2.24, 2.45) is 0 Å². The molecule has 0 atom stereocenters. The molecule has 238 valence electrons. The lowest BCUT2D eigenvalue weighted by Gasteiger charge is -2.19. The maximum Gasteiger partial charge on any atom is 0.0789 e. The molecule has 11 rings (SSSR count). The highest BCUT2D eigenvalue weighted by atomic mass is 15.0. The summed E-state index contributed by atoms with van der Waals surface area (Å²) in [6, 6.07) is 68.4. The summed E-state index contributed by atoms with van der Waals surface area (Å²) in [7, 11) is 0. The molecule has 3 nitrogen and oxygen atoms in total. The van der Waals surface area contributed by atoms with Crippen LogP contribution in [0.25, 0.3) is 93.6 Å². The fourth-order valence-electron chi connectivity index (χ4n) is 8.57. The summed E-state index contributed by atoms with van der Waals surface area (Å²) >= 11 is 0. The van der Waals surface area contributed by atoms with Crippen LogP contribution in [0.3, 0.4) is 0 Å². The Kier molecular flexibility index (Phi) is 5.96. The van der Waals surface area contributed by atoms with Crippen molar-refractivity contribution < 1.29 is 0 Å². The van der Waals surface area contributed by atoms with Gasteiger partial charge in [0, 0.05) is 49.1 Å². The fraction of sp³-hybridized carbons (Fsp3) is 0. The first-order valence-electron chi connectivity index (χ1n) is 17.5. The zero-order chi connectivity index (χ0) is 33.5. The molecule has 0 saturated heterocycles. The minimum Gasteiger partial charge on any atom is -0.309 e. The minimum atomic E-state index is 1.15. The van der Waals surface area contributed by atoms with Crippen LogP contribution < -0.4 is 0 Å². The van der Waals surface area contributed by atoms with E-state index in [1.165, 1.54) is 76.5 Å². The van der Waals surface area contributed by atoms with Gasteiger partial charge in [-0.25, -0.2) is 0 Å². The summed E-state index contributed by atoms with van der Waals surface area (Å²) in [5.41, 5.74) is 13.0. The summed E-state index contributed by atoms with van der Waals surface area (Å²) < 4.78 is 7.41. The van der Waals surface area contributed by atoms with Gasteiger partial charge in [0.2, 0.25) is 0 Å². The van der Waals surface area contributed by atoms with Gasteiger partial charge in [-0.2, -0.15) is 0 Å². The number of nitrogens with zero attached hydrogens (tertiary/aromatic N) is 3. The largest absolute Gasteiger partial charge is 0.309 e. The van der Waals surface area contributed by atoms with Gasteiger partial charge >= 0.3 is 0 Å². The summed E-state index contributed by atoms with van der Waals surface area (Å²) in [4.78, 5) is 0. The predicted molar refractivity (Wildman–Crippen MR) is 215 cm³/mol.